The molecule has 0 radical (unpaired) electrons. The van der Waals surface area contributed by atoms with Gasteiger partial charge in [0.2, 0.25) is 0 Å². The van der Waals surface area contributed by atoms with Gasteiger partial charge in [-0.3, -0.25) is 4.79 Å². The number of hydrogen-bond acceptors (Lipinski definition) is 5. The molecule has 2 atom stereocenters. The van der Waals surface area contributed by atoms with E-state index in [0.717, 1.165) is 24.2 Å². The number of hydrogen-bond donors (Lipinski definition) is 1. The van der Waals surface area contributed by atoms with Gasteiger partial charge >= 0.3 is 0 Å². The van der Waals surface area contributed by atoms with Crippen LogP contribution >= 0.6 is 11.3 Å². The van der Waals surface area contributed by atoms with E-state index >= 15 is 0 Å². The average molecular weight is 368 g/mol. The molecule has 1 aliphatic heterocycles. The van der Waals surface area contributed by atoms with E-state index in [-0.39, 0.29) is 17.6 Å². The lowest BCUT2D eigenvalue weighted by molar-refractivity contribution is 0.0674. The maximum Gasteiger partial charge on any atom is 0.266 e. The van der Waals surface area contributed by atoms with Gasteiger partial charge in [-0.15, -0.1) is 16.4 Å². The number of rotatable bonds is 3. The van der Waals surface area contributed by atoms with Crippen LogP contribution in [0.15, 0.2) is 48.1 Å². The van der Waals surface area contributed by atoms with Crippen molar-refractivity contribution >= 4 is 17.2 Å². The highest BCUT2D eigenvalue weighted by atomic mass is 32.1. The minimum atomic E-state index is 0.0428. The first kappa shape index (κ1) is 16.8. The van der Waals surface area contributed by atoms with Gasteiger partial charge in [-0.1, -0.05) is 24.3 Å². The van der Waals surface area contributed by atoms with Crippen molar-refractivity contribution in [3.05, 3.63) is 58.5 Å². The maximum atomic E-state index is 13.1. The second-order valence-electron chi connectivity index (χ2n) is 6.70. The van der Waals surface area contributed by atoms with Crippen molar-refractivity contribution in [3.8, 4) is 11.4 Å². The molecule has 2 aromatic heterocycles. The fourth-order valence-electron chi connectivity index (χ4n) is 3.53. The highest BCUT2D eigenvalue weighted by Gasteiger charge is 2.31. The number of amides is 1. The zero-order valence-corrected chi connectivity index (χ0v) is 15.3. The van der Waals surface area contributed by atoms with Crippen LogP contribution in [0.2, 0.25) is 0 Å². The van der Waals surface area contributed by atoms with E-state index in [1.54, 1.807) is 29.2 Å². The summed E-state index contributed by atoms with van der Waals surface area (Å²) >= 11 is 1.44. The summed E-state index contributed by atoms with van der Waals surface area (Å²) < 4.78 is 1.63. The molecule has 0 bridgehead atoms. The second kappa shape index (κ2) is 6.92. The van der Waals surface area contributed by atoms with Gasteiger partial charge in [0.25, 0.3) is 5.91 Å². The summed E-state index contributed by atoms with van der Waals surface area (Å²) in [6.45, 7) is 3.66. The van der Waals surface area contributed by atoms with Crippen LogP contribution in [0, 0.1) is 5.92 Å². The van der Waals surface area contributed by atoms with Crippen LogP contribution < -0.4 is 0 Å². The third-order valence-electron chi connectivity index (χ3n) is 5.07. The Morgan fingerprint density at radius 3 is 2.81 bits per heavy atom. The molecule has 1 aromatic carbocycles. The van der Waals surface area contributed by atoms with Gasteiger partial charge in [-0.05, 0) is 41.5 Å². The molecule has 1 amide bonds. The van der Waals surface area contributed by atoms with Crippen LogP contribution in [-0.4, -0.2) is 44.0 Å². The maximum absolute atomic E-state index is 13.1. The number of phenolic OH excluding ortho intramolecular Hbond substituents is 1. The molecule has 3 heterocycles. The molecule has 4 rings (SSSR count). The van der Waals surface area contributed by atoms with Gasteiger partial charge in [-0.2, -0.15) is 0 Å². The molecule has 1 N–H and O–H groups in total. The number of carbonyl (C=O) groups excluding carboxylic acids is 1. The summed E-state index contributed by atoms with van der Waals surface area (Å²) in [4.78, 5) is 15.8. The van der Waals surface area contributed by atoms with Gasteiger partial charge in [-0.25, -0.2) is 4.68 Å². The Morgan fingerprint density at radius 2 is 2.08 bits per heavy atom. The molecule has 0 saturated carbocycles. The number of phenols is 1. The van der Waals surface area contributed by atoms with E-state index in [9.17, 15) is 9.90 Å². The molecule has 1 fully saturated rings. The monoisotopic (exact) mass is 368 g/mol. The van der Waals surface area contributed by atoms with Crippen molar-refractivity contribution in [2.45, 2.75) is 19.3 Å². The van der Waals surface area contributed by atoms with Crippen molar-refractivity contribution in [2.75, 3.05) is 13.1 Å². The number of benzene rings is 1. The standard InChI is InChI=1S/C19H20N4O2S/c1-13-6-9-22(12-16(13)14-2-4-15(24)5-3-14)19(25)18-17(7-11-26-18)23-10-8-20-21-23/h2-5,7-8,10-11,13,16,24H,6,9,12H2,1H3/t13-,16+/m1/s1. The van der Waals surface area contributed by atoms with Crippen molar-refractivity contribution in [1.82, 2.24) is 19.9 Å². The Hall–Kier alpha value is -2.67. The average Bonchev–Trinajstić information content (AvgIpc) is 3.33. The molecule has 0 unspecified atom stereocenters. The Bertz CT molecular complexity index is 889. The summed E-state index contributed by atoms with van der Waals surface area (Å²) in [6, 6.07) is 9.24. The number of likely N-dealkylation sites (tertiary alicyclic amines) is 1. The van der Waals surface area contributed by atoms with Crippen LogP contribution in [-0.2, 0) is 0 Å². The first-order valence-electron chi connectivity index (χ1n) is 8.66. The van der Waals surface area contributed by atoms with Crippen LogP contribution in [0.4, 0.5) is 0 Å². The molecule has 6 nitrogen and oxygen atoms in total. The quantitative estimate of drug-likeness (QED) is 0.770. The van der Waals surface area contributed by atoms with Crippen LogP contribution in [0.3, 0.4) is 0 Å². The van der Waals surface area contributed by atoms with E-state index in [0.29, 0.717) is 17.3 Å². The van der Waals surface area contributed by atoms with Crippen molar-refractivity contribution in [2.24, 2.45) is 5.92 Å². The van der Waals surface area contributed by atoms with Crippen molar-refractivity contribution in [1.29, 1.82) is 0 Å². The lowest BCUT2D eigenvalue weighted by Crippen LogP contribution is -2.42. The topological polar surface area (TPSA) is 71.2 Å². The SMILES string of the molecule is C[C@@H]1CCN(C(=O)c2sccc2-n2ccnn2)C[C@@H]1c1ccc(O)cc1. The second-order valence-corrected chi connectivity index (χ2v) is 7.61. The summed E-state index contributed by atoms with van der Waals surface area (Å²) in [6.07, 6.45) is 4.31. The number of piperidine rings is 1. The highest BCUT2D eigenvalue weighted by molar-refractivity contribution is 7.12. The molecule has 0 aliphatic carbocycles. The summed E-state index contributed by atoms with van der Waals surface area (Å²) in [5.74, 6) is 1.06. The van der Waals surface area contributed by atoms with E-state index in [4.69, 9.17) is 0 Å². The zero-order valence-electron chi connectivity index (χ0n) is 14.4. The Kier molecular flexibility index (Phi) is 4.46. The van der Waals surface area contributed by atoms with Gasteiger partial charge in [0.15, 0.2) is 0 Å². The summed E-state index contributed by atoms with van der Waals surface area (Å²) in [5, 5.41) is 19.3. The van der Waals surface area contributed by atoms with Crippen molar-refractivity contribution < 1.29 is 9.90 Å². The van der Waals surface area contributed by atoms with Crippen molar-refractivity contribution in [3.63, 3.8) is 0 Å². The molecule has 1 aliphatic rings. The van der Waals surface area contributed by atoms with Crippen LogP contribution in [0.25, 0.3) is 5.69 Å². The predicted molar refractivity (Wildman–Crippen MR) is 99.8 cm³/mol. The molecule has 26 heavy (non-hydrogen) atoms. The van der Waals surface area contributed by atoms with E-state index in [1.807, 2.05) is 28.5 Å². The number of aromatic nitrogens is 3. The van der Waals surface area contributed by atoms with E-state index in [1.165, 1.54) is 11.3 Å². The largest absolute Gasteiger partial charge is 0.508 e. The Balaban J connectivity index is 1.57. The van der Waals surface area contributed by atoms with E-state index in [2.05, 4.69) is 17.2 Å². The van der Waals surface area contributed by atoms with Gasteiger partial charge in [0.05, 0.1) is 18.1 Å². The number of nitrogens with zero attached hydrogens (tertiary/aromatic N) is 4. The molecular formula is C19H20N4O2S. The lowest BCUT2D eigenvalue weighted by atomic mass is 9.82. The lowest BCUT2D eigenvalue weighted by Gasteiger charge is -2.37. The molecule has 7 heteroatoms. The Labute approximate surface area is 155 Å². The predicted octanol–water partition coefficient (Wildman–Crippen LogP) is 3.30. The highest BCUT2D eigenvalue weighted by Crippen LogP contribution is 2.34. The van der Waals surface area contributed by atoms with Gasteiger partial charge in [0.1, 0.15) is 10.6 Å². The smallest absolute Gasteiger partial charge is 0.266 e. The fraction of sp³-hybridized carbons (Fsp3) is 0.316. The summed E-state index contributed by atoms with van der Waals surface area (Å²) in [7, 11) is 0. The van der Waals surface area contributed by atoms with E-state index < -0.39 is 0 Å². The van der Waals surface area contributed by atoms with Crippen LogP contribution in [0.1, 0.15) is 34.5 Å². The third-order valence-corrected chi connectivity index (χ3v) is 5.97. The minimum absolute atomic E-state index is 0.0428. The molecule has 3 aromatic rings. The first-order chi connectivity index (χ1) is 12.6. The number of aromatic hydroxyl groups is 1. The van der Waals surface area contributed by atoms with Crippen LogP contribution in [0.5, 0.6) is 5.75 Å². The summed E-state index contributed by atoms with van der Waals surface area (Å²) in [5.41, 5.74) is 1.94. The number of carbonyl (C=O) groups is 1. The molecule has 0 spiro atoms. The number of thiophene rings is 1. The molecule has 134 valence electrons. The minimum Gasteiger partial charge on any atom is -0.508 e. The fourth-order valence-corrected chi connectivity index (χ4v) is 4.38. The molecule has 1 saturated heterocycles. The Morgan fingerprint density at radius 1 is 1.27 bits per heavy atom. The van der Waals surface area contributed by atoms with Gasteiger partial charge in [0, 0.05) is 19.0 Å². The first-order valence-corrected chi connectivity index (χ1v) is 9.54. The molecular weight excluding hydrogens is 348 g/mol. The normalized spacial score (nSPS) is 20.3. The third kappa shape index (κ3) is 3.10. The zero-order chi connectivity index (χ0) is 18.1. The van der Waals surface area contributed by atoms with Gasteiger partial charge < -0.3 is 10.0 Å².